The number of anilines is 1. The molecule has 5 heteroatoms. The van der Waals surface area contributed by atoms with Crippen LogP contribution in [0, 0.1) is 5.92 Å². The summed E-state index contributed by atoms with van der Waals surface area (Å²) in [5.74, 6) is 0.766. The van der Waals surface area contributed by atoms with Crippen LogP contribution in [-0.4, -0.2) is 11.1 Å². The molecule has 1 aliphatic rings. The van der Waals surface area contributed by atoms with Crippen molar-refractivity contribution in [2.24, 2.45) is 5.92 Å². The zero-order chi connectivity index (χ0) is 14.1. The lowest BCUT2D eigenvalue weighted by Gasteiger charge is -2.16. The maximum absolute atomic E-state index is 12.2. The molecular weight excluding hydrogens is 276 g/mol. The van der Waals surface area contributed by atoms with Gasteiger partial charge in [-0.1, -0.05) is 35.8 Å². The Hall–Kier alpha value is -1.81. The van der Waals surface area contributed by atoms with Crippen LogP contribution in [0.25, 0.3) is 0 Å². The number of halogens is 1. The van der Waals surface area contributed by atoms with Gasteiger partial charge in [-0.05, 0) is 37.3 Å². The number of nitrogens with zero attached hydrogens (tertiary/aromatic N) is 1. The first-order valence-electron chi connectivity index (χ1n) is 6.68. The van der Waals surface area contributed by atoms with Crippen molar-refractivity contribution >= 4 is 23.4 Å². The molecule has 1 atom stereocenters. The van der Waals surface area contributed by atoms with Crippen molar-refractivity contribution in [2.45, 2.75) is 26.2 Å². The fraction of sp³-hybridized carbons (Fsp3) is 0.333. The van der Waals surface area contributed by atoms with Crippen LogP contribution in [0.2, 0.25) is 5.02 Å². The van der Waals surface area contributed by atoms with Gasteiger partial charge in [-0.15, -0.1) is 0 Å². The highest BCUT2D eigenvalue weighted by Crippen LogP contribution is 2.31. The molecule has 0 aliphatic heterocycles. The fourth-order valence-corrected chi connectivity index (χ4v) is 2.72. The number of carbonyl (C=O) groups excluding carboxylic acids is 1. The van der Waals surface area contributed by atoms with Gasteiger partial charge in [0.1, 0.15) is 0 Å². The van der Waals surface area contributed by atoms with Gasteiger partial charge in [-0.25, -0.2) is 0 Å². The van der Waals surface area contributed by atoms with E-state index in [0.717, 1.165) is 30.5 Å². The van der Waals surface area contributed by atoms with Crippen LogP contribution in [0.3, 0.4) is 0 Å². The first-order chi connectivity index (χ1) is 9.65. The van der Waals surface area contributed by atoms with E-state index in [4.69, 9.17) is 16.1 Å². The van der Waals surface area contributed by atoms with E-state index >= 15 is 0 Å². The molecule has 0 radical (unpaired) electrons. The van der Waals surface area contributed by atoms with E-state index < -0.39 is 0 Å². The summed E-state index contributed by atoms with van der Waals surface area (Å²) in [5.41, 5.74) is 2.41. The van der Waals surface area contributed by atoms with Gasteiger partial charge in [0.05, 0.1) is 16.3 Å². The predicted octanol–water partition coefficient (Wildman–Crippen LogP) is 3.71. The number of amides is 1. The topological polar surface area (TPSA) is 55.1 Å². The molecule has 1 amide bonds. The number of hydrogen-bond acceptors (Lipinski definition) is 3. The lowest BCUT2D eigenvalue weighted by molar-refractivity contribution is 0.102. The minimum absolute atomic E-state index is 0.271. The summed E-state index contributed by atoms with van der Waals surface area (Å²) in [5, 5.41) is 7.24. The van der Waals surface area contributed by atoms with Gasteiger partial charge < -0.3 is 4.52 Å². The Kier molecular flexibility index (Phi) is 3.49. The molecule has 1 aliphatic carbocycles. The molecule has 1 aromatic carbocycles. The quantitative estimate of drug-likeness (QED) is 0.917. The molecule has 1 unspecified atom stereocenters. The highest BCUT2D eigenvalue weighted by molar-refractivity contribution is 6.34. The molecule has 0 bridgehead atoms. The molecule has 2 aromatic rings. The summed E-state index contributed by atoms with van der Waals surface area (Å²) >= 11 is 6.02. The molecular formula is C15H15ClN2O2. The Bertz CT molecular complexity index is 651. The van der Waals surface area contributed by atoms with E-state index in [1.165, 1.54) is 0 Å². The smallest absolute Gasteiger partial charge is 0.259 e. The molecule has 104 valence electrons. The third-order valence-corrected chi connectivity index (χ3v) is 3.97. The van der Waals surface area contributed by atoms with Crippen molar-refractivity contribution in [1.29, 1.82) is 0 Å². The van der Waals surface area contributed by atoms with Crippen molar-refractivity contribution in [1.82, 2.24) is 5.16 Å². The molecule has 1 heterocycles. The first-order valence-corrected chi connectivity index (χ1v) is 7.06. The maximum atomic E-state index is 12.2. The minimum Gasteiger partial charge on any atom is -0.338 e. The molecule has 4 nitrogen and oxygen atoms in total. The molecule has 20 heavy (non-hydrogen) atoms. The fourth-order valence-electron chi connectivity index (χ4n) is 2.50. The lowest BCUT2D eigenvalue weighted by atomic mass is 9.89. The predicted molar refractivity (Wildman–Crippen MR) is 77.1 cm³/mol. The van der Waals surface area contributed by atoms with Crippen LogP contribution in [0.1, 0.15) is 35.0 Å². The molecule has 1 aromatic heterocycles. The Morgan fingerprint density at radius 1 is 1.45 bits per heavy atom. The van der Waals surface area contributed by atoms with Crippen LogP contribution < -0.4 is 5.32 Å². The van der Waals surface area contributed by atoms with E-state index in [-0.39, 0.29) is 5.91 Å². The number of benzene rings is 1. The SMILES string of the molecule is CC1CCc2noc(NC(=O)c3ccccc3Cl)c2C1. The van der Waals surface area contributed by atoms with Gasteiger partial charge >= 0.3 is 0 Å². The normalized spacial score (nSPS) is 17.6. The number of aryl methyl sites for hydroxylation is 1. The number of nitrogens with one attached hydrogen (secondary N) is 1. The van der Waals surface area contributed by atoms with Crippen molar-refractivity contribution in [3.05, 3.63) is 46.1 Å². The van der Waals surface area contributed by atoms with E-state index in [1.807, 2.05) is 0 Å². The Morgan fingerprint density at radius 3 is 3.05 bits per heavy atom. The van der Waals surface area contributed by atoms with Gasteiger partial charge in [0, 0.05) is 5.56 Å². The van der Waals surface area contributed by atoms with Crippen LogP contribution in [0.5, 0.6) is 0 Å². The molecule has 1 N–H and O–H groups in total. The van der Waals surface area contributed by atoms with Crippen LogP contribution in [0.4, 0.5) is 5.88 Å². The van der Waals surface area contributed by atoms with Crippen molar-refractivity contribution in [2.75, 3.05) is 5.32 Å². The Balaban J connectivity index is 1.84. The van der Waals surface area contributed by atoms with Crippen molar-refractivity contribution < 1.29 is 9.32 Å². The molecule has 0 saturated carbocycles. The van der Waals surface area contributed by atoms with Gasteiger partial charge in [0.25, 0.3) is 5.91 Å². The van der Waals surface area contributed by atoms with Crippen LogP contribution >= 0.6 is 11.6 Å². The average Bonchev–Trinajstić information content (AvgIpc) is 2.82. The summed E-state index contributed by atoms with van der Waals surface area (Å²) < 4.78 is 5.27. The minimum atomic E-state index is -0.271. The largest absolute Gasteiger partial charge is 0.338 e. The third-order valence-electron chi connectivity index (χ3n) is 3.64. The van der Waals surface area contributed by atoms with Crippen molar-refractivity contribution in [3.63, 3.8) is 0 Å². The standard InChI is InChI=1S/C15H15ClN2O2/c1-9-6-7-13-11(8-9)15(20-18-13)17-14(19)10-4-2-3-5-12(10)16/h2-5,9H,6-8H2,1H3,(H,17,19). The first kappa shape index (κ1) is 13.2. The lowest BCUT2D eigenvalue weighted by Crippen LogP contribution is -2.16. The maximum Gasteiger partial charge on any atom is 0.259 e. The molecule has 3 rings (SSSR count). The van der Waals surface area contributed by atoms with E-state index in [2.05, 4.69) is 17.4 Å². The van der Waals surface area contributed by atoms with E-state index in [1.54, 1.807) is 24.3 Å². The second kappa shape index (κ2) is 5.29. The second-order valence-corrected chi connectivity index (χ2v) is 5.63. The summed E-state index contributed by atoms with van der Waals surface area (Å²) in [6, 6.07) is 6.94. The van der Waals surface area contributed by atoms with Gasteiger partial charge in [-0.3, -0.25) is 10.1 Å². The number of fused-ring (bicyclic) bond motifs is 1. The molecule has 0 saturated heterocycles. The summed E-state index contributed by atoms with van der Waals surface area (Å²) in [6.07, 6.45) is 2.90. The Morgan fingerprint density at radius 2 is 2.25 bits per heavy atom. The van der Waals surface area contributed by atoms with Gasteiger partial charge in [0.2, 0.25) is 5.88 Å². The number of aromatic nitrogens is 1. The second-order valence-electron chi connectivity index (χ2n) is 5.22. The number of hydrogen-bond donors (Lipinski definition) is 1. The van der Waals surface area contributed by atoms with Crippen LogP contribution in [0.15, 0.2) is 28.8 Å². The number of carbonyl (C=O) groups is 1. The van der Waals surface area contributed by atoms with Gasteiger partial charge in [-0.2, -0.15) is 0 Å². The Labute approximate surface area is 122 Å². The summed E-state index contributed by atoms with van der Waals surface area (Å²) in [7, 11) is 0. The average molecular weight is 291 g/mol. The highest BCUT2D eigenvalue weighted by atomic mass is 35.5. The van der Waals surface area contributed by atoms with E-state index in [9.17, 15) is 4.79 Å². The third kappa shape index (κ3) is 2.43. The molecule has 0 fully saturated rings. The van der Waals surface area contributed by atoms with Crippen molar-refractivity contribution in [3.8, 4) is 0 Å². The summed E-state index contributed by atoms with van der Waals surface area (Å²) in [6.45, 7) is 2.19. The summed E-state index contributed by atoms with van der Waals surface area (Å²) in [4.78, 5) is 12.2. The highest BCUT2D eigenvalue weighted by Gasteiger charge is 2.24. The van der Waals surface area contributed by atoms with Gasteiger partial charge in [0.15, 0.2) is 0 Å². The number of rotatable bonds is 2. The molecule has 0 spiro atoms. The van der Waals surface area contributed by atoms with E-state index in [0.29, 0.717) is 22.4 Å². The van der Waals surface area contributed by atoms with Crippen LogP contribution in [-0.2, 0) is 12.8 Å². The monoisotopic (exact) mass is 290 g/mol. The zero-order valence-corrected chi connectivity index (χ0v) is 11.9. The zero-order valence-electron chi connectivity index (χ0n) is 11.1.